The zero-order valence-corrected chi connectivity index (χ0v) is 15.1. The first kappa shape index (κ1) is 17.7. The molecule has 2 aromatic rings. The van der Waals surface area contributed by atoms with Crippen LogP contribution >= 0.6 is 0 Å². The molecule has 3 rings (SSSR count). The van der Waals surface area contributed by atoms with Gasteiger partial charge in [0.2, 0.25) is 0 Å². The molecule has 0 saturated heterocycles. The molecule has 0 bridgehead atoms. The highest BCUT2D eigenvalue weighted by Crippen LogP contribution is 2.30. The van der Waals surface area contributed by atoms with Crippen molar-refractivity contribution in [2.24, 2.45) is 0 Å². The Labute approximate surface area is 149 Å². The summed E-state index contributed by atoms with van der Waals surface area (Å²) in [6, 6.07) is 16.0. The summed E-state index contributed by atoms with van der Waals surface area (Å²) in [6.45, 7) is 1.93. The Kier molecular flexibility index (Phi) is 5.25. The van der Waals surface area contributed by atoms with Crippen LogP contribution in [0.4, 0.5) is 0 Å². The van der Waals surface area contributed by atoms with Crippen molar-refractivity contribution in [3.8, 4) is 0 Å². The van der Waals surface area contributed by atoms with Crippen molar-refractivity contribution in [2.75, 3.05) is 0 Å². The Hall–Kier alpha value is -2.11. The molecule has 0 saturated carbocycles. The third-order valence-corrected chi connectivity index (χ3v) is 6.40. The highest BCUT2D eigenvalue weighted by atomic mass is 32.2. The first-order valence-corrected chi connectivity index (χ1v) is 9.92. The average molecular weight is 357 g/mol. The fourth-order valence-corrected chi connectivity index (χ4v) is 4.67. The summed E-state index contributed by atoms with van der Waals surface area (Å²) in [5.74, 6) is 0. The van der Waals surface area contributed by atoms with Crippen molar-refractivity contribution in [1.82, 2.24) is 4.31 Å². The Morgan fingerprint density at radius 1 is 1.12 bits per heavy atom. The number of sulfonamides is 1. The molecule has 1 aliphatic rings. The third kappa shape index (κ3) is 3.94. The molecule has 0 spiro atoms. The molecular weight excluding hydrogens is 334 g/mol. The predicted octanol–water partition coefficient (Wildman–Crippen LogP) is 3.79. The van der Waals surface area contributed by atoms with Gasteiger partial charge in [0.1, 0.15) is 0 Å². The number of aliphatic hydroxyl groups excluding tert-OH is 1. The number of aliphatic hydroxyl groups is 1. The molecule has 0 radical (unpaired) electrons. The lowest BCUT2D eigenvalue weighted by Gasteiger charge is -2.33. The van der Waals surface area contributed by atoms with Gasteiger partial charge in [-0.2, -0.15) is 0 Å². The van der Waals surface area contributed by atoms with Crippen LogP contribution in [-0.2, 0) is 10.0 Å². The molecule has 5 heteroatoms. The van der Waals surface area contributed by atoms with E-state index in [1.165, 1.54) is 4.31 Å². The highest BCUT2D eigenvalue weighted by Gasteiger charge is 2.31. The standard InChI is InChI=1S/C20H23NO3S/c1-16-10-12-19(13-11-16)25(23,24)21-14-6-5-9-18(21)15-20(22)17-7-3-2-4-8-17/h2-4,6-8,10-14,18,20,22H,5,9,15H2,1H3/t18-,20+/m0/s1. The molecule has 0 aliphatic carbocycles. The molecule has 2 atom stereocenters. The van der Waals surface area contributed by atoms with E-state index in [0.717, 1.165) is 17.5 Å². The maximum absolute atomic E-state index is 13.0. The molecule has 0 aromatic heterocycles. The minimum atomic E-state index is -3.62. The van der Waals surface area contributed by atoms with Crippen LogP contribution in [0.15, 0.2) is 71.8 Å². The molecule has 1 aliphatic heterocycles. The Bertz CT molecular complexity index is 829. The quantitative estimate of drug-likeness (QED) is 0.886. The summed E-state index contributed by atoms with van der Waals surface area (Å²) in [4.78, 5) is 0.281. The van der Waals surface area contributed by atoms with Crippen molar-refractivity contribution in [3.63, 3.8) is 0 Å². The predicted molar refractivity (Wildman–Crippen MR) is 98.4 cm³/mol. The van der Waals surface area contributed by atoms with Gasteiger partial charge < -0.3 is 5.11 Å². The summed E-state index contributed by atoms with van der Waals surface area (Å²) < 4.78 is 27.5. The highest BCUT2D eigenvalue weighted by molar-refractivity contribution is 7.89. The van der Waals surface area contributed by atoms with Crippen LogP contribution < -0.4 is 0 Å². The lowest BCUT2D eigenvalue weighted by Crippen LogP contribution is -2.38. The summed E-state index contributed by atoms with van der Waals surface area (Å²) >= 11 is 0. The molecule has 0 fully saturated rings. The average Bonchev–Trinajstić information content (AvgIpc) is 2.63. The van der Waals surface area contributed by atoms with Crippen LogP contribution in [0.25, 0.3) is 0 Å². The van der Waals surface area contributed by atoms with E-state index < -0.39 is 16.1 Å². The zero-order chi connectivity index (χ0) is 17.9. The van der Waals surface area contributed by atoms with Gasteiger partial charge in [-0.1, -0.05) is 54.1 Å². The lowest BCUT2D eigenvalue weighted by atomic mass is 9.98. The van der Waals surface area contributed by atoms with Gasteiger partial charge >= 0.3 is 0 Å². The van der Waals surface area contributed by atoms with Crippen LogP contribution in [0.1, 0.15) is 36.5 Å². The lowest BCUT2D eigenvalue weighted by molar-refractivity contribution is 0.137. The van der Waals surface area contributed by atoms with Gasteiger partial charge in [0.15, 0.2) is 0 Å². The number of benzene rings is 2. The number of aryl methyl sites for hydroxylation is 1. The van der Waals surface area contributed by atoms with E-state index >= 15 is 0 Å². The number of hydrogen-bond donors (Lipinski definition) is 1. The second-order valence-electron chi connectivity index (χ2n) is 6.43. The van der Waals surface area contributed by atoms with E-state index in [2.05, 4.69) is 0 Å². The summed E-state index contributed by atoms with van der Waals surface area (Å²) in [5.41, 5.74) is 1.83. The minimum absolute atomic E-state index is 0.258. The maximum atomic E-state index is 13.0. The van der Waals surface area contributed by atoms with Crippen LogP contribution in [0, 0.1) is 6.92 Å². The molecule has 2 aromatic carbocycles. The summed E-state index contributed by atoms with van der Waals surface area (Å²) in [6.07, 6.45) is 4.71. The van der Waals surface area contributed by atoms with Crippen molar-refractivity contribution >= 4 is 10.0 Å². The van der Waals surface area contributed by atoms with Gasteiger partial charge in [-0.05, 0) is 43.9 Å². The van der Waals surface area contributed by atoms with Crippen LogP contribution in [0.3, 0.4) is 0 Å². The van der Waals surface area contributed by atoms with Gasteiger partial charge in [-0.25, -0.2) is 8.42 Å². The summed E-state index contributed by atoms with van der Waals surface area (Å²) in [7, 11) is -3.62. The number of rotatable bonds is 5. The number of allylic oxidation sites excluding steroid dienone is 1. The smallest absolute Gasteiger partial charge is 0.264 e. The van der Waals surface area contributed by atoms with E-state index in [4.69, 9.17) is 0 Å². The van der Waals surface area contributed by atoms with Gasteiger partial charge in [-0.15, -0.1) is 0 Å². The second-order valence-corrected chi connectivity index (χ2v) is 8.27. The van der Waals surface area contributed by atoms with E-state index in [9.17, 15) is 13.5 Å². The molecule has 4 nitrogen and oxygen atoms in total. The molecule has 0 amide bonds. The maximum Gasteiger partial charge on any atom is 0.264 e. The van der Waals surface area contributed by atoms with E-state index in [1.807, 2.05) is 43.3 Å². The molecule has 1 heterocycles. The first-order chi connectivity index (χ1) is 12.0. The van der Waals surface area contributed by atoms with Crippen molar-refractivity contribution in [2.45, 2.75) is 43.2 Å². The molecule has 132 valence electrons. The van der Waals surface area contributed by atoms with Crippen LogP contribution in [0.5, 0.6) is 0 Å². The van der Waals surface area contributed by atoms with Gasteiger partial charge in [0, 0.05) is 12.2 Å². The Morgan fingerprint density at radius 2 is 1.80 bits per heavy atom. The minimum Gasteiger partial charge on any atom is -0.388 e. The van der Waals surface area contributed by atoms with E-state index in [0.29, 0.717) is 12.8 Å². The van der Waals surface area contributed by atoms with Crippen LogP contribution in [-0.4, -0.2) is 23.9 Å². The monoisotopic (exact) mass is 357 g/mol. The normalized spacial score (nSPS) is 19.0. The SMILES string of the molecule is Cc1ccc(S(=O)(=O)N2C=CCC[C@H]2C[C@@H](O)c2ccccc2)cc1. The molecule has 1 N–H and O–H groups in total. The fraction of sp³-hybridized carbons (Fsp3) is 0.300. The van der Waals surface area contributed by atoms with E-state index in [1.54, 1.807) is 30.5 Å². The van der Waals surface area contributed by atoms with Gasteiger partial charge in [0.25, 0.3) is 10.0 Å². The number of hydrogen-bond acceptors (Lipinski definition) is 3. The van der Waals surface area contributed by atoms with Crippen molar-refractivity contribution in [3.05, 3.63) is 78.0 Å². The number of nitrogens with zero attached hydrogens (tertiary/aromatic N) is 1. The van der Waals surface area contributed by atoms with Crippen LogP contribution in [0.2, 0.25) is 0 Å². The fourth-order valence-electron chi connectivity index (χ4n) is 3.12. The molecular formula is C20H23NO3S. The summed E-state index contributed by atoms with van der Waals surface area (Å²) in [5, 5.41) is 10.5. The zero-order valence-electron chi connectivity index (χ0n) is 14.2. The largest absolute Gasteiger partial charge is 0.388 e. The topological polar surface area (TPSA) is 57.6 Å². The second kappa shape index (κ2) is 7.42. The van der Waals surface area contributed by atoms with Gasteiger partial charge in [0.05, 0.1) is 11.0 Å². The third-order valence-electron chi connectivity index (χ3n) is 4.55. The van der Waals surface area contributed by atoms with Gasteiger partial charge in [-0.3, -0.25) is 4.31 Å². The molecule has 0 unspecified atom stereocenters. The van der Waals surface area contributed by atoms with Crippen molar-refractivity contribution < 1.29 is 13.5 Å². The first-order valence-electron chi connectivity index (χ1n) is 8.48. The Morgan fingerprint density at radius 3 is 2.48 bits per heavy atom. The molecule has 25 heavy (non-hydrogen) atoms. The van der Waals surface area contributed by atoms with E-state index in [-0.39, 0.29) is 10.9 Å². The van der Waals surface area contributed by atoms with Crippen molar-refractivity contribution in [1.29, 1.82) is 0 Å². The Balaban J connectivity index is 1.84.